The van der Waals surface area contributed by atoms with Gasteiger partial charge in [0.2, 0.25) is 0 Å². The summed E-state index contributed by atoms with van der Waals surface area (Å²) in [6.07, 6.45) is 1.59. The van der Waals surface area contributed by atoms with Crippen molar-refractivity contribution in [2.24, 2.45) is 5.73 Å². The fourth-order valence-corrected chi connectivity index (χ4v) is 1.32. The van der Waals surface area contributed by atoms with Crippen molar-refractivity contribution in [3.05, 3.63) is 23.9 Å². The van der Waals surface area contributed by atoms with Gasteiger partial charge in [-0.15, -0.1) is 0 Å². The number of thiocarbonyl (C=S) groups is 1. The van der Waals surface area contributed by atoms with Gasteiger partial charge >= 0.3 is 5.97 Å². The lowest BCUT2D eigenvalue weighted by Gasteiger charge is -2.14. The molecule has 0 radical (unpaired) electrons. The van der Waals surface area contributed by atoms with Crippen LogP contribution in [-0.4, -0.2) is 29.1 Å². The zero-order valence-corrected chi connectivity index (χ0v) is 9.88. The number of methoxy groups -OCH3 is 1. The van der Waals surface area contributed by atoms with E-state index in [2.05, 4.69) is 15.0 Å². The summed E-state index contributed by atoms with van der Waals surface area (Å²) in [4.78, 5) is 15.5. The first-order chi connectivity index (χ1) is 7.56. The third kappa shape index (κ3) is 2.90. The minimum atomic E-state index is -0.506. The second kappa shape index (κ2) is 5.41. The van der Waals surface area contributed by atoms with E-state index < -0.39 is 6.04 Å². The number of nitrogens with two attached hydrogens (primary N) is 1. The van der Waals surface area contributed by atoms with Crippen molar-refractivity contribution >= 4 is 29.0 Å². The lowest BCUT2D eigenvalue weighted by Crippen LogP contribution is -2.29. The molecule has 1 heterocycles. The second-order valence-electron chi connectivity index (χ2n) is 3.15. The van der Waals surface area contributed by atoms with Crippen LogP contribution in [0.2, 0.25) is 0 Å². The number of ether oxygens (including phenoxy) is 1. The van der Waals surface area contributed by atoms with Crippen molar-refractivity contribution in [3.63, 3.8) is 0 Å². The summed E-state index contributed by atoms with van der Waals surface area (Å²) in [6, 6.07) is 2.96. The Morgan fingerprint density at radius 2 is 2.38 bits per heavy atom. The van der Waals surface area contributed by atoms with Gasteiger partial charge in [0, 0.05) is 6.20 Å². The van der Waals surface area contributed by atoms with Gasteiger partial charge in [-0.25, -0.2) is 9.78 Å². The number of hydrogen-bond acceptors (Lipinski definition) is 5. The Balaban J connectivity index is 2.88. The van der Waals surface area contributed by atoms with Crippen LogP contribution in [0.5, 0.6) is 0 Å². The number of nitrogens with zero attached hydrogens (tertiary/aromatic N) is 1. The molecule has 0 saturated heterocycles. The van der Waals surface area contributed by atoms with Crippen molar-refractivity contribution in [2.75, 3.05) is 12.4 Å². The van der Waals surface area contributed by atoms with E-state index in [0.717, 1.165) is 0 Å². The third-order valence-electron chi connectivity index (χ3n) is 1.98. The topological polar surface area (TPSA) is 77.2 Å². The van der Waals surface area contributed by atoms with Gasteiger partial charge in [-0.05, 0) is 19.1 Å². The van der Waals surface area contributed by atoms with Crippen LogP contribution in [0.15, 0.2) is 18.3 Å². The van der Waals surface area contributed by atoms with Gasteiger partial charge in [-0.2, -0.15) is 0 Å². The molecule has 0 aromatic carbocycles. The number of carbonyl (C=O) groups is 1. The van der Waals surface area contributed by atoms with E-state index in [1.165, 1.54) is 7.11 Å². The van der Waals surface area contributed by atoms with Gasteiger partial charge in [-0.3, -0.25) is 0 Å². The molecule has 0 saturated carbocycles. The zero-order valence-electron chi connectivity index (χ0n) is 9.06. The number of rotatable bonds is 4. The predicted octanol–water partition coefficient (Wildman–Crippen LogP) is 0.689. The highest BCUT2D eigenvalue weighted by Gasteiger charge is 2.15. The highest BCUT2D eigenvalue weighted by atomic mass is 32.1. The quantitative estimate of drug-likeness (QED) is 0.594. The van der Waals surface area contributed by atoms with Crippen molar-refractivity contribution in [2.45, 2.75) is 13.0 Å². The van der Waals surface area contributed by atoms with Crippen molar-refractivity contribution in [3.8, 4) is 0 Å². The van der Waals surface area contributed by atoms with Gasteiger partial charge in [0.15, 0.2) is 0 Å². The van der Waals surface area contributed by atoms with Crippen LogP contribution in [-0.2, 0) is 9.53 Å². The molecule has 1 unspecified atom stereocenters. The van der Waals surface area contributed by atoms with E-state index in [1.807, 2.05) is 0 Å². The van der Waals surface area contributed by atoms with Gasteiger partial charge < -0.3 is 15.8 Å². The first-order valence-electron chi connectivity index (χ1n) is 4.65. The fraction of sp³-hybridized carbons (Fsp3) is 0.300. The zero-order chi connectivity index (χ0) is 12.1. The van der Waals surface area contributed by atoms with Crippen molar-refractivity contribution in [1.82, 2.24) is 4.98 Å². The maximum absolute atomic E-state index is 11.2. The molecular weight excluding hydrogens is 226 g/mol. The van der Waals surface area contributed by atoms with E-state index in [4.69, 9.17) is 18.0 Å². The van der Waals surface area contributed by atoms with Crippen molar-refractivity contribution in [1.29, 1.82) is 0 Å². The molecule has 0 aliphatic carbocycles. The molecule has 1 aromatic rings. The van der Waals surface area contributed by atoms with Gasteiger partial charge in [0.25, 0.3) is 0 Å². The van der Waals surface area contributed by atoms with Crippen LogP contribution in [0.25, 0.3) is 0 Å². The standard InChI is InChI=1S/C10H13N3O2S/c1-6(10(14)15-2)13-9-7(8(11)16)4-3-5-12-9/h3-6H,1-2H3,(H2,11,16)(H,12,13). The first kappa shape index (κ1) is 12.4. The SMILES string of the molecule is COC(=O)C(C)Nc1ncccc1C(N)=S. The monoisotopic (exact) mass is 239 g/mol. The smallest absolute Gasteiger partial charge is 0.328 e. The summed E-state index contributed by atoms with van der Waals surface area (Å²) in [6.45, 7) is 1.67. The van der Waals surface area contributed by atoms with Crippen LogP contribution in [0, 0.1) is 0 Å². The molecule has 1 rings (SSSR count). The molecule has 16 heavy (non-hydrogen) atoms. The molecule has 1 aromatic heterocycles. The molecule has 86 valence electrons. The second-order valence-corrected chi connectivity index (χ2v) is 3.59. The molecule has 6 heteroatoms. The maximum atomic E-state index is 11.2. The molecular formula is C10H13N3O2S. The van der Waals surface area contributed by atoms with Crippen LogP contribution in [0.4, 0.5) is 5.82 Å². The molecule has 1 atom stereocenters. The molecule has 0 amide bonds. The van der Waals surface area contributed by atoms with Gasteiger partial charge in [-0.1, -0.05) is 12.2 Å². The van der Waals surface area contributed by atoms with Crippen LogP contribution in [0.1, 0.15) is 12.5 Å². The largest absolute Gasteiger partial charge is 0.467 e. The van der Waals surface area contributed by atoms with Crippen LogP contribution < -0.4 is 11.1 Å². The third-order valence-corrected chi connectivity index (χ3v) is 2.20. The summed E-state index contributed by atoms with van der Waals surface area (Å²) < 4.78 is 4.59. The number of carbonyl (C=O) groups excluding carboxylic acids is 1. The Morgan fingerprint density at radius 3 is 2.94 bits per heavy atom. The molecule has 5 nitrogen and oxygen atoms in total. The molecule has 0 aliphatic rings. The van der Waals surface area contributed by atoms with Crippen molar-refractivity contribution < 1.29 is 9.53 Å². The minimum Gasteiger partial charge on any atom is -0.467 e. The van der Waals surface area contributed by atoms with Crippen LogP contribution >= 0.6 is 12.2 Å². The summed E-state index contributed by atoms with van der Waals surface area (Å²) in [5.41, 5.74) is 6.14. The van der Waals surface area contributed by atoms with Gasteiger partial charge in [0.05, 0.1) is 12.7 Å². The Kier molecular flexibility index (Phi) is 4.19. The number of nitrogens with one attached hydrogen (secondary N) is 1. The van der Waals surface area contributed by atoms with E-state index >= 15 is 0 Å². The first-order valence-corrected chi connectivity index (χ1v) is 5.06. The number of aromatic nitrogens is 1. The minimum absolute atomic E-state index is 0.229. The Labute approximate surface area is 99.0 Å². The molecule has 0 spiro atoms. The Morgan fingerprint density at radius 1 is 1.69 bits per heavy atom. The van der Waals surface area contributed by atoms with E-state index in [0.29, 0.717) is 11.4 Å². The summed E-state index contributed by atoms with van der Waals surface area (Å²) in [5.74, 6) is 0.104. The highest BCUT2D eigenvalue weighted by molar-refractivity contribution is 7.80. The highest BCUT2D eigenvalue weighted by Crippen LogP contribution is 2.12. The molecule has 0 aliphatic heterocycles. The fourth-order valence-electron chi connectivity index (χ4n) is 1.16. The summed E-state index contributed by atoms with van der Waals surface area (Å²) in [7, 11) is 1.33. The van der Waals surface area contributed by atoms with E-state index in [-0.39, 0.29) is 11.0 Å². The normalized spacial score (nSPS) is 11.6. The summed E-state index contributed by atoms with van der Waals surface area (Å²) >= 11 is 4.88. The number of anilines is 1. The molecule has 0 bridgehead atoms. The van der Waals surface area contributed by atoms with Gasteiger partial charge in [0.1, 0.15) is 16.8 Å². The number of pyridine rings is 1. The Hall–Kier alpha value is -1.69. The maximum Gasteiger partial charge on any atom is 0.328 e. The molecule has 0 fully saturated rings. The number of hydrogen-bond donors (Lipinski definition) is 2. The average Bonchev–Trinajstić information content (AvgIpc) is 2.28. The average molecular weight is 239 g/mol. The Bertz CT molecular complexity index is 409. The van der Waals surface area contributed by atoms with Crippen LogP contribution in [0.3, 0.4) is 0 Å². The number of esters is 1. The lowest BCUT2D eigenvalue weighted by molar-refractivity contribution is -0.141. The van der Waals surface area contributed by atoms with E-state index in [9.17, 15) is 4.79 Å². The summed E-state index contributed by atoms with van der Waals surface area (Å²) in [5, 5.41) is 2.89. The predicted molar refractivity (Wildman–Crippen MR) is 65.2 cm³/mol. The van der Waals surface area contributed by atoms with E-state index in [1.54, 1.807) is 25.3 Å². The molecule has 3 N–H and O–H groups in total. The lowest BCUT2D eigenvalue weighted by atomic mass is 10.2.